The van der Waals surface area contributed by atoms with Crippen LogP contribution in [0, 0.1) is 0 Å². The molecule has 0 aliphatic carbocycles. The number of hydrogen-bond acceptors (Lipinski definition) is 2. The molecule has 1 N–H and O–H groups in total. The van der Waals surface area contributed by atoms with Crippen LogP contribution in [0.15, 0.2) is 48.8 Å². The van der Waals surface area contributed by atoms with Gasteiger partial charge < -0.3 is 5.11 Å². The maximum Gasteiger partial charge on any atom is 0.336 e. The number of aromatic nitrogens is 2. The van der Waals surface area contributed by atoms with Crippen LogP contribution in [-0.4, -0.2) is 20.9 Å². The third kappa shape index (κ3) is 1.48. The lowest BCUT2D eigenvalue weighted by Gasteiger charge is -2.25. The highest BCUT2D eigenvalue weighted by molar-refractivity contribution is 5.80. The van der Waals surface area contributed by atoms with Gasteiger partial charge in [-0.25, -0.2) is 4.79 Å². The van der Waals surface area contributed by atoms with Gasteiger partial charge in [0.15, 0.2) is 5.54 Å². The van der Waals surface area contributed by atoms with E-state index in [2.05, 4.69) is 5.10 Å². The van der Waals surface area contributed by atoms with Gasteiger partial charge in [0.2, 0.25) is 0 Å². The summed E-state index contributed by atoms with van der Waals surface area (Å²) in [6.45, 7) is 1.64. The van der Waals surface area contributed by atoms with Gasteiger partial charge in [-0.2, -0.15) is 5.10 Å². The number of aliphatic carboxylic acids is 1. The second-order valence-corrected chi connectivity index (χ2v) is 3.69. The minimum Gasteiger partial charge on any atom is -0.479 e. The maximum absolute atomic E-state index is 11.5. The van der Waals surface area contributed by atoms with Crippen LogP contribution in [0.2, 0.25) is 0 Å². The molecule has 2 aromatic rings. The number of nitrogens with zero attached hydrogens (tertiary/aromatic N) is 2. The summed E-state index contributed by atoms with van der Waals surface area (Å²) in [5.74, 6) is -0.928. The smallest absolute Gasteiger partial charge is 0.336 e. The molecule has 0 radical (unpaired) electrons. The third-order valence-corrected chi connectivity index (χ3v) is 2.71. The SMILES string of the molecule is CC(C(=O)O)(c1ccccc1)n1cccn1. The Morgan fingerprint density at radius 1 is 1.31 bits per heavy atom. The zero-order valence-corrected chi connectivity index (χ0v) is 8.87. The molecule has 1 unspecified atom stereocenters. The molecule has 4 nitrogen and oxygen atoms in total. The molecule has 1 aromatic carbocycles. The molecule has 0 fully saturated rings. The fourth-order valence-electron chi connectivity index (χ4n) is 1.65. The molecular formula is C12H12N2O2. The average Bonchev–Trinajstić information content (AvgIpc) is 2.82. The summed E-state index contributed by atoms with van der Waals surface area (Å²) in [6, 6.07) is 10.8. The van der Waals surface area contributed by atoms with Crippen LogP contribution >= 0.6 is 0 Å². The second kappa shape index (κ2) is 3.81. The Morgan fingerprint density at radius 2 is 2.00 bits per heavy atom. The number of hydrogen-bond donors (Lipinski definition) is 1. The molecule has 1 heterocycles. The minimum atomic E-state index is -1.16. The first kappa shape index (κ1) is 10.4. The molecule has 0 saturated heterocycles. The predicted molar refractivity (Wildman–Crippen MR) is 59.1 cm³/mol. The van der Waals surface area contributed by atoms with E-state index in [1.54, 1.807) is 37.5 Å². The van der Waals surface area contributed by atoms with Crippen LogP contribution in [-0.2, 0) is 10.3 Å². The highest BCUT2D eigenvalue weighted by Gasteiger charge is 2.37. The molecule has 1 aromatic heterocycles. The summed E-state index contributed by atoms with van der Waals surface area (Å²) >= 11 is 0. The van der Waals surface area contributed by atoms with Crippen LogP contribution in [0.1, 0.15) is 12.5 Å². The average molecular weight is 216 g/mol. The van der Waals surface area contributed by atoms with Crippen molar-refractivity contribution in [3.8, 4) is 0 Å². The molecule has 16 heavy (non-hydrogen) atoms. The predicted octanol–water partition coefficient (Wildman–Crippen LogP) is 1.73. The summed E-state index contributed by atoms with van der Waals surface area (Å²) in [5.41, 5.74) is -0.462. The number of benzene rings is 1. The zero-order valence-electron chi connectivity index (χ0n) is 8.87. The lowest BCUT2D eigenvalue weighted by molar-refractivity contribution is -0.144. The van der Waals surface area contributed by atoms with E-state index in [1.165, 1.54) is 4.68 Å². The molecule has 0 amide bonds. The Kier molecular flexibility index (Phi) is 2.48. The Bertz CT molecular complexity index is 479. The molecule has 0 spiro atoms. The van der Waals surface area contributed by atoms with E-state index in [1.807, 2.05) is 18.2 Å². The van der Waals surface area contributed by atoms with E-state index >= 15 is 0 Å². The van der Waals surface area contributed by atoms with Crippen LogP contribution in [0.3, 0.4) is 0 Å². The number of carboxylic acids is 1. The van der Waals surface area contributed by atoms with Gasteiger partial charge in [-0.1, -0.05) is 30.3 Å². The van der Waals surface area contributed by atoms with Crippen molar-refractivity contribution in [1.29, 1.82) is 0 Å². The molecule has 0 aliphatic heterocycles. The van der Waals surface area contributed by atoms with E-state index in [4.69, 9.17) is 0 Å². The molecule has 0 bridgehead atoms. The van der Waals surface area contributed by atoms with Gasteiger partial charge >= 0.3 is 5.97 Å². The van der Waals surface area contributed by atoms with Crippen molar-refractivity contribution in [3.05, 3.63) is 54.4 Å². The molecule has 1 atom stereocenters. The van der Waals surface area contributed by atoms with Crippen molar-refractivity contribution in [1.82, 2.24) is 9.78 Å². The Morgan fingerprint density at radius 3 is 2.50 bits per heavy atom. The fourth-order valence-corrected chi connectivity index (χ4v) is 1.65. The van der Waals surface area contributed by atoms with Crippen LogP contribution < -0.4 is 0 Å². The largest absolute Gasteiger partial charge is 0.479 e. The van der Waals surface area contributed by atoms with Crippen molar-refractivity contribution >= 4 is 5.97 Å². The van der Waals surface area contributed by atoms with Gasteiger partial charge in [0.05, 0.1) is 0 Å². The molecular weight excluding hydrogens is 204 g/mol. The normalized spacial score (nSPS) is 14.3. The quantitative estimate of drug-likeness (QED) is 0.850. The topological polar surface area (TPSA) is 55.1 Å². The van der Waals surface area contributed by atoms with Crippen molar-refractivity contribution in [2.45, 2.75) is 12.5 Å². The first-order chi connectivity index (χ1) is 7.65. The van der Waals surface area contributed by atoms with Gasteiger partial charge in [0.25, 0.3) is 0 Å². The summed E-state index contributed by atoms with van der Waals surface area (Å²) < 4.78 is 1.45. The standard InChI is InChI=1S/C12H12N2O2/c1-12(11(15)16,14-9-5-8-13-14)10-6-3-2-4-7-10/h2-9H,1H3,(H,15,16). The number of carbonyl (C=O) groups is 1. The maximum atomic E-state index is 11.5. The molecule has 0 saturated carbocycles. The van der Waals surface area contributed by atoms with Gasteiger partial charge in [-0.05, 0) is 18.6 Å². The summed E-state index contributed by atoms with van der Waals surface area (Å²) in [7, 11) is 0. The fraction of sp³-hybridized carbons (Fsp3) is 0.167. The first-order valence-electron chi connectivity index (χ1n) is 4.95. The van der Waals surface area contributed by atoms with E-state index in [0.29, 0.717) is 5.56 Å². The second-order valence-electron chi connectivity index (χ2n) is 3.69. The van der Waals surface area contributed by atoms with Gasteiger partial charge in [-0.15, -0.1) is 0 Å². The van der Waals surface area contributed by atoms with Gasteiger partial charge in [0, 0.05) is 12.4 Å². The lowest BCUT2D eigenvalue weighted by Crippen LogP contribution is -2.40. The highest BCUT2D eigenvalue weighted by atomic mass is 16.4. The van der Waals surface area contributed by atoms with Crippen molar-refractivity contribution < 1.29 is 9.90 Å². The van der Waals surface area contributed by atoms with Crippen LogP contribution in [0.4, 0.5) is 0 Å². The van der Waals surface area contributed by atoms with Crippen LogP contribution in [0.5, 0.6) is 0 Å². The Labute approximate surface area is 93.1 Å². The summed E-state index contributed by atoms with van der Waals surface area (Å²) in [4.78, 5) is 11.5. The summed E-state index contributed by atoms with van der Waals surface area (Å²) in [5, 5.41) is 13.4. The molecule has 2 rings (SSSR count). The molecule has 0 aliphatic rings. The third-order valence-electron chi connectivity index (χ3n) is 2.71. The van der Waals surface area contributed by atoms with Gasteiger partial charge in [-0.3, -0.25) is 4.68 Å². The molecule has 82 valence electrons. The first-order valence-corrected chi connectivity index (χ1v) is 4.95. The zero-order chi connectivity index (χ0) is 11.6. The Balaban J connectivity index is 2.58. The van der Waals surface area contributed by atoms with E-state index < -0.39 is 11.5 Å². The van der Waals surface area contributed by atoms with E-state index in [-0.39, 0.29) is 0 Å². The van der Waals surface area contributed by atoms with Crippen LogP contribution in [0.25, 0.3) is 0 Å². The monoisotopic (exact) mass is 216 g/mol. The minimum absolute atomic E-state index is 0.700. The number of rotatable bonds is 3. The van der Waals surface area contributed by atoms with Crippen molar-refractivity contribution in [2.24, 2.45) is 0 Å². The van der Waals surface area contributed by atoms with Gasteiger partial charge in [0.1, 0.15) is 0 Å². The lowest BCUT2D eigenvalue weighted by atomic mass is 9.92. The van der Waals surface area contributed by atoms with Crippen molar-refractivity contribution in [2.75, 3.05) is 0 Å². The molecule has 4 heteroatoms. The Hall–Kier alpha value is -2.10. The van der Waals surface area contributed by atoms with Crippen molar-refractivity contribution in [3.63, 3.8) is 0 Å². The highest BCUT2D eigenvalue weighted by Crippen LogP contribution is 2.25. The van der Waals surface area contributed by atoms with E-state index in [9.17, 15) is 9.90 Å². The number of carboxylic acid groups (broad SMARTS) is 1. The van der Waals surface area contributed by atoms with E-state index in [0.717, 1.165) is 0 Å². The summed E-state index contributed by atoms with van der Waals surface area (Å²) in [6.07, 6.45) is 3.23.